The van der Waals surface area contributed by atoms with Crippen LogP contribution in [-0.2, 0) is 11.3 Å². The second-order valence-corrected chi connectivity index (χ2v) is 8.67. The standard InChI is InChI=1S/C26H28N6O3/c1-2-3-11-34-25(33)22-14-24(30-23-12-19(15-27-23)17-9-10-17)31-26(29-22)28-16-20-13-21(32-35-20)18-7-5-4-6-8-18/h4-8,12-14,17H,2-3,9-11,15-16H2,1H3,(H2,27,28,29,30,31). The molecule has 1 aliphatic carbocycles. The zero-order valence-electron chi connectivity index (χ0n) is 19.7. The summed E-state index contributed by atoms with van der Waals surface area (Å²) in [6.45, 7) is 3.41. The molecule has 180 valence electrons. The van der Waals surface area contributed by atoms with Crippen LogP contribution in [0.4, 0.5) is 11.8 Å². The van der Waals surface area contributed by atoms with Crippen LogP contribution >= 0.6 is 0 Å². The van der Waals surface area contributed by atoms with Gasteiger partial charge in [-0.1, -0.05) is 48.8 Å². The highest BCUT2D eigenvalue weighted by Gasteiger charge is 2.28. The number of anilines is 2. The number of benzene rings is 1. The number of nitrogens with one attached hydrogen (secondary N) is 2. The monoisotopic (exact) mass is 472 g/mol. The van der Waals surface area contributed by atoms with Crippen molar-refractivity contribution < 1.29 is 14.1 Å². The van der Waals surface area contributed by atoms with Gasteiger partial charge in [0.15, 0.2) is 11.5 Å². The predicted molar refractivity (Wildman–Crippen MR) is 133 cm³/mol. The Balaban J connectivity index is 1.31. The van der Waals surface area contributed by atoms with Gasteiger partial charge in [0, 0.05) is 17.7 Å². The Labute approximate surface area is 203 Å². The Morgan fingerprint density at radius 2 is 2.03 bits per heavy atom. The molecule has 1 aliphatic heterocycles. The van der Waals surface area contributed by atoms with Crippen LogP contribution in [0.2, 0.25) is 0 Å². The highest BCUT2D eigenvalue weighted by molar-refractivity contribution is 6.05. The van der Waals surface area contributed by atoms with Crippen molar-refractivity contribution in [1.29, 1.82) is 0 Å². The number of nitrogens with zero attached hydrogens (tertiary/aromatic N) is 4. The van der Waals surface area contributed by atoms with E-state index in [1.807, 2.05) is 43.3 Å². The molecule has 35 heavy (non-hydrogen) atoms. The minimum absolute atomic E-state index is 0.175. The molecule has 0 radical (unpaired) electrons. The van der Waals surface area contributed by atoms with Gasteiger partial charge in [-0.05, 0) is 36.8 Å². The highest BCUT2D eigenvalue weighted by Crippen LogP contribution is 2.37. The summed E-state index contributed by atoms with van der Waals surface area (Å²) in [5.74, 6) is 2.28. The third-order valence-electron chi connectivity index (χ3n) is 5.83. The molecule has 2 aliphatic rings. The first-order valence-corrected chi connectivity index (χ1v) is 12.0. The van der Waals surface area contributed by atoms with Crippen molar-refractivity contribution in [1.82, 2.24) is 15.1 Å². The van der Waals surface area contributed by atoms with Gasteiger partial charge in [-0.25, -0.2) is 9.78 Å². The molecule has 0 spiro atoms. The molecule has 1 saturated carbocycles. The van der Waals surface area contributed by atoms with Gasteiger partial charge in [-0.3, -0.25) is 4.99 Å². The number of carbonyl (C=O) groups is 1. The van der Waals surface area contributed by atoms with Crippen LogP contribution in [0.25, 0.3) is 11.3 Å². The highest BCUT2D eigenvalue weighted by atomic mass is 16.5. The van der Waals surface area contributed by atoms with Gasteiger partial charge in [-0.2, -0.15) is 4.98 Å². The Morgan fingerprint density at radius 3 is 2.83 bits per heavy atom. The summed E-state index contributed by atoms with van der Waals surface area (Å²) in [5, 5.41) is 10.5. The normalized spacial score (nSPS) is 14.9. The van der Waals surface area contributed by atoms with Crippen LogP contribution in [0.5, 0.6) is 0 Å². The summed E-state index contributed by atoms with van der Waals surface area (Å²) in [6.07, 6.45) is 6.28. The number of hydrogen-bond acceptors (Lipinski definition) is 9. The number of hydrogen-bond donors (Lipinski definition) is 2. The number of rotatable bonds is 10. The summed E-state index contributed by atoms with van der Waals surface area (Å²) in [6, 6.07) is 13.3. The van der Waals surface area contributed by atoms with Crippen molar-refractivity contribution in [2.24, 2.45) is 10.9 Å². The van der Waals surface area contributed by atoms with E-state index in [1.165, 1.54) is 18.4 Å². The van der Waals surface area contributed by atoms with Gasteiger partial charge in [-0.15, -0.1) is 0 Å². The fraction of sp³-hybridized carbons (Fsp3) is 0.346. The van der Waals surface area contributed by atoms with E-state index in [0.29, 0.717) is 37.2 Å². The van der Waals surface area contributed by atoms with Crippen molar-refractivity contribution in [3.63, 3.8) is 0 Å². The van der Waals surface area contributed by atoms with Crippen LogP contribution in [0.3, 0.4) is 0 Å². The number of ether oxygens (including phenoxy) is 1. The Morgan fingerprint density at radius 1 is 1.17 bits per heavy atom. The van der Waals surface area contributed by atoms with E-state index in [0.717, 1.165) is 29.9 Å². The Bertz CT molecular complexity index is 1250. The smallest absolute Gasteiger partial charge is 0.357 e. The second-order valence-electron chi connectivity index (χ2n) is 8.67. The quantitative estimate of drug-likeness (QED) is 0.318. The minimum atomic E-state index is -0.486. The topological polar surface area (TPSA) is 115 Å². The molecule has 1 aromatic carbocycles. The van der Waals surface area contributed by atoms with Crippen molar-refractivity contribution in [2.45, 2.75) is 39.2 Å². The number of aromatic nitrogens is 3. The first-order valence-electron chi connectivity index (χ1n) is 12.0. The number of unbranched alkanes of at least 4 members (excludes halogenated alkanes) is 1. The molecule has 3 aromatic rings. The molecule has 0 bridgehead atoms. The lowest BCUT2D eigenvalue weighted by atomic mass is 10.1. The number of aliphatic imine (C=N–C) groups is 1. The number of carbonyl (C=O) groups excluding carboxylic acids is 1. The molecule has 0 unspecified atom stereocenters. The van der Waals surface area contributed by atoms with Gasteiger partial charge in [0.25, 0.3) is 0 Å². The van der Waals surface area contributed by atoms with E-state index >= 15 is 0 Å². The SMILES string of the molecule is CCCCOC(=O)c1cc(NC2=NCC(C3CC3)=C2)nc(NCc2cc(-c3ccccc3)no2)n1. The van der Waals surface area contributed by atoms with Gasteiger partial charge in [0.2, 0.25) is 5.95 Å². The second kappa shape index (κ2) is 10.5. The third-order valence-corrected chi connectivity index (χ3v) is 5.83. The summed E-state index contributed by atoms with van der Waals surface area (Å²) in [4.78, 5) is 26.1. The summed E-state index contributed by atoms with van der Waals surface area (Å²) >= 11 is 0. The summed E-state index contributed by atoms with van der Waals surface area (Å²) in [7, 11) is 0. The Hall–Kier alpha value is -4.01. The van der Waals surface area contributed by atoms with E-state index in [2.05, 4.69) is 36.8 Å². The first kappa shape index (κ1) is 22.8. The lowest BCUT2D eigenvalue weighted by molar-refractivity contribution is 0.0493. The molecule has 3 heterocycles. The third kappa shape index (κ3) is 5.92. The number of esters is 1. The first-order chi connectivity index (χ1) is 17.2. The Kier molecular flexibility index (Phi) is 6.83. The van der Waals surface area contributed by atoms with Gasteiger partial charge in [0.1, 0.15) is 17.3 Å². The van der Waals surface area contributed by atoms with E-state index in [-0.39, 0.29) is 11.6 Å². The fourth-order valence-electron chi connectivity index (χ4n) is 3.74. The van der Waals surface area contributed by atoms with Crippen molar-refractivity contribution in [3.05, 3.63) is 65.6 Å². The lowest BCUT2D eigenvalue weighted by Crippen LogP contribution is -2.15. The molecule has 9 heteroatoms. The van der Waals surface area contributed by atoms with Crippen molar-refractivity contribution in [2.75, 3.05) is 23.8 Å². The zero-order chi connectivity index (χ0) is 24.0. The fourth-order valence-corrected chi connectivity index (χ4v) is 3.74. The molecular formula is C26H28N6O3. The maximum atomic E-state index is 12.6. The maximum Gasteiger partial charge on any atom is 0.357 e. The van der Waals surface area contributed by atoms with Crippen LogP contribution in [-0.4, -0.2) is 40.1 Å². The van der Waals surface area contributed by atoms with Crippen LogP contribution in [0.15, 0.2) is 63.6 Å². The number of amidine groups is 1. The lowest BCUT2D eigenvalue weighted by Gasteiger charge is -2.10. The molecule has 0 atom stereocenters. The van der Waals surface area contributed by atoms with E-state index in [4.69, 9.17) is 9.26 Å². The van der Waals surface area contributed by atoms with Gasteiger partial charge in [0.05, 0.1) is 19.7 Å². The van der Waals surface area contributed by atoms with Gasteiger partial charge >= 0.3 is 5.97 Å². The average Bonchev–Trinajstić information content (AvgIpc) is 3.44. The van der Waals surface area contributed by atoms with E-state index < -0.39 is 5.97 Å². The van der Waals surface area contributed by atoms with Crippen LogP contribution in [0, 0.1) is 5.92 Å². The van der Waals surface area contributed by atoms with Crippen LogP contribution in [0.1, 0.15) is 48.9 Å². The largest absolute Gasteiger partial charge is 0.461 e. The van der Waals surface area contributed by atoms with Crippen molar-refractivity contribution >= 4 is 23.6 Å². The molecule has 5 rings (SSSR count). The van der Waals surface area contributed by atoms with E-state index in [9.17, 15) is 4.79 Å². The van der Waals surface area contributed by atoms with Gasteiger partial charge < -0.3 is 19.9 Å². The molecule has 2 N–H and O–H groups in total. The molecule has 2 aromatic heterocycles. The van der Waals surface area contributed by atoms with E-state index in [1.54, 1.807) is 6.07 Å². The predicted octanol–water partition coefficient (Wildman–Crippen LogP) is 4.86. The molecule has 0 saturated heterocycles. The zero-order valence-corrected chi connectivity index (χ0v) is 19.7. The average molecular weight is 473 g/mol. The maximum absolute atomic E-state index is 12.6. The van der Waals surface area contributed by atoms with Crippen molar-refractivity contribution in [3.8, 4) is 11.3 Å². The van der Waals surface area contributed by atoms with Crippen LogP contribution < -0.4 is 10.6 Å². The minimum Gasteiger partial charge on any atom is -0.461 e. The molecule has 1 fully saturated rings. The molecular weight excluding hydrogens is 444 g/mol. The molecule has 0 amide bonds. The summed E-state index contributed by atoms with van der Waals surface area (Å²) < 4.78 is 10.8. The summed E-state index contributed by atoms with van der Waals surface area (Å²) in [5.41, 5.74) is 3.24. The molecule has 9 nitrogen and oxygen atoms in total.